The third-order valence-electron chi connectivity index (χ3n) is 4.45. The van der Waals surface area contributed by atoms with Crippen molar-refractivity contribution in [1.29, 1.82) is 0 Å². The molecule has 0 atom stereocenters. The minimum Gasteiger partial charge on any atom is -0.325 e. The van der Waals surface area contributed by atoms with E-state index in [2.05, 4.69) is 60.7 Å². The van der Waals surface area contributed by atoms with Crippen molar-refractivity contribution >= 4 is 0 Å². The molecule has 0 unspecified atom stereocenters. The number of rotatable bonds is 6. The molecule has 98 valence electrons. The Morgan fingerprint density at radius 2 is 1.38 bits per heavy atom. The van der Waals surface area contributed by atoms with Crippen LogP contribution in [0, 0.1) is 16.7 Å². The second-order valence-electron chi connectivity index (χ2n) is 7.35. The maximum Gasteiger partial charge on any atom is 0.0161 e. The van der Waals surface area contributed by atoms with E-state index in [-0.39, 0.29) is 11.0 Å². The van der Waals surface area contributed by atoms with E-state index in [1.165, 1.54) is 0 Å². The lowest BCUT2D eigenvalue weighted by Gasteiger charge is -2.40. The first-order chi connectivity index (χ1) is 6.90. The second kappa shape index (κ2) is 5.05. The molecular formula is C14H32N2. The summed E-state index contributed by atoms with van der Waals surface area (Å²) in [4.78, 5) is 0. The van der Waals surface area contributed by atoms with Crippen molar-refractivity contribution in [2.75, 3.05) is 13.1 Å². The van der Waals surface area contributed by atoms with Crippen LogP contribution in [0.3, 0.4) is 0 Å². The largest absolute Gasteiger partial charge is 0.325 e. The molecule has 0 aliphatic carbocycles. The first-order valence-electron chi connectivity index (χ1n) is 6.40. The molecule has 0 spiro atoms. The lowest BCUT2D eigenvalue weighted by molar-refractivity contribution is 0.171. The third-order valence-corrected chi connectivity index (χ3v) is 4.45. The fourth-order valence-corrected chi connectivity index (χ4v) is 1.13. The standard InChI is InChI=1S/C14H32N2/c1-11(2)12(3,4)9-16-10-13(5,6)14(7,8)15/h11,16H,9-10,15H2,1-8H3. The van der Waals surface area contributed by atoms with Crippen molar-refractivity contribution in [3.05, 3.63) is 0 Å². The van der Waals surface area contributed by atoms with Gasteiger partial charge in [0.2, 0.25) is 0 Å². The van der Waals surface area contributed by atoms with Crippen LogP contribution < -0.4 is 11.1 Å². The summed E-state index contributed by atoms with van der Waals surface area (Å²) in [5.74, 6) is 0.689. The van der Waals surface area contributed by atoms with Gasteiger partial charge in [-0.05, 0) is 30.6 Å². The summed E-state index contributed by atoms with van der Waals surface area (Å²) in [7, 11) is 0. The average Bonchev–Trinajstić information content (AvgIpc) is 2.00. The highest BCUT2D eigenvalue weighted by Crippen LogP contribution is 2.29. The van der Waals surface area contributed by atoms with E-state index in [0.717, 1.165) is 13.1 Å². The van der Waals surface area contributed by atoms with E-state index in [1.807, 2.05) is 0 Å². The Morgan fingerprint density at radius 3 is 1.69 bits per heavy atom. The highest BCUT2D eigenvalue weighted by Gasteiger charge is 2.33. The van der Waals surface area contributed by atoms with Gasteiger partial charge in [0.1, 0.15) is 0 Å². The van der Waals surface area contributed by atoms with Crippen LogP contribution in [-0.4, -0.2) is 18.6 Å². The normalized spacial score (nSPS) is 14.6. The number of hydrogen-bond donors (Lipinski definition) is 2. The fraction of sp³-hybridized carbons (Fsp3) is 1.00. The van der Waals surface area contributed by atoms with Gasteiger partial charge in [-0.15, -0.1) is 0 Å². The van der Waals surface area contributed by atoms with Crippen molar-refractivity contribution in [1.82, 2.24) is 5.32 Å². The third kappa shape index (κ3) is 4.42. The predicted molar refractivity (Wildman–Crippen MR) is 73.5 cm³/mol. The molecule has 2 nitrogen and oxygen atoms in total. The van der Waals surface area contributed by atoms with Crippen molar-refractivity contribution < 1.29 is 0 Å². The van der Waals surface area contributed by atoms with Crippen molar-refractivity contribution in [2.45, 2.75) is 60.9 Å². The highest BCUT2D eigenvalue weighted by molar-refractivity contribution is 4.92. The summed E-state index contributed by atoms with van der Waals surface area (Å²) < 4.78 is 0. The Bertz CT molecular complexity index is 209. The summed E-state index contributed by atoms with van der Waals surface area (Å²) >= 11 is 0. The maximum absolute atomic E-state index is 6.18. The zero-order valence-corrected chi connectivity index (χ0v) is 12.6. The van der Waals surface area contributed by atoms with Crippen LogP contribution in [0.25, 0.3) is 0 Å². The summed E-state index contributed by atoms with van der Waals surface area (Å²) in [6.45, 7) is 19.8. The minimum absolute atomic E-state index is 0.111. The van der Waals surface area contributed by atoms with Gasteiger partial charge in [0.15, 0.2) is 0 Å². The molecule has 0 saturated heterocycles. The first-order valence-corrected chi connectivity index (χ1v) is 6.40. The molecule has 0 rings (SSSR count). The zero-order chi connectivity index (χ0) is 13.2. The summed E-state index contributed by atoms with van der Waals surface area (Å²) in [6, 6.07) is 0. The molecule has 0 aliphatic heterocycles. The highest BCUT2D eigenvalue weighted by atomic mass is 14.9. The van der Waals surface area contributed by atoms with E-state index < -0.39 is 0 Å². The van der Waals surface area contributed by atoms with Crippen molar-refractivity contribution in [3.63, 3.8) is 0 Å². The minimum atomic E-state index is -0.151. The molecule has 16 heavy (non-hydrogen) atoms. The average molecular weight is 228 g/mol. The molecule has 0 amide bonds. The Kier molecular flexibility index (Phi) is 5.03. The second-order valence-corrected chi connectivity index (χ2v) is 7.35. The van der Waals surface area contributed by atoms with Crippen LogP contribution >= 0.6 is 0 Å². The summed E-state index contributed by atoms with van der Waals surface area (Å²) in [5, 5.41) is 3.57. The number of nitrogens with one attached hydrogen (secondary N) is 1. The smallest absolute Gasteiger partial charge is 0.0161 e. The van der Waals surface area contributed by atoms with E-state index in [9.17, 15) is 0 Å². The molecule has 0 bridgehead atoms. The quantitative estimate of drug-likeness (QED) is 0.733. The fourth-order valence-electron chi connectivity index (χ4n) is 1.13. The Labute approximate surface area is 102 Å². The maximum atomic E-state index is 6.18. The molecule has 0 radical (unpaired) electrons. The van der Waals surface area contributed by atoms with Crippen molar-refractivity contribution in [2.24, 2.45) is 22.5 Å². The first kappa shape index (κ1) is 15.9. The van der Waals surface area contributed by atoms with E-state index in [0.29, 0.717) is 11.3 Å². The Hall–Kier alpha value is -0.0800. The number of nitrogens with two attached hydrogens (primary N) is 1. The molecular weight excluding hydrogens is 196 g/mol. The lowest BCUT2D eigenvalue weighted by atomic mass is 9.74. The van der Waals surface area contributed by atoms with Crippen molar-refractivity contribution in [3.8, 4) is 0 Å². The zero-order valence-electron chi connectivity index (χ0n) is 12.6. The summed E-state index contributed by atoms with van der Waals surface area (Å²) in [6.07, 6.45) is 0. The molecule has 0 aliphatic rings. The van der Waals surface area contributed by atoms with Gasteiger partial charge in [-0.3, -0.25) is 0 Å². The van der Waals surface area contributed by atoms with E-state index in [4.69, 9.17) is 5.73 Å². The van der Waals surface area contributed by atoms with Gasteiger partial charge in [0, 0.05) is 18.6 Å². The molecule has 0 saturated carbocycles. The van der Waals surface area contributed by atoms with Gasteiger partial charge in [0.25, 0.3) is 0 Å². The molecule has 0 aromatic rings. The molecule has 0 fully saturated rings. The predicted octanol–water partition coefficient (Wildman–Crippen LogP) is 3.02. The molecule has 3 N–H and O–H groups in total. The van der Waals surface area contributed by atoms with Gasteiger partial charge in [0.05, 0.1) is 0 Å². The SMILES string of the molecule is CC(C)C(C)(C)CNCC(C)(C)C(C)(C)N. The molecule has 0 aromatic heterocycles. The van der Waals surface area contributed by atoms with Crippen LogP contribution in [0.2, 0.25) is 0 Å². The van der Waals surface area contributed by atoms with Gasteiger partial charge < -0.3 is 11.1 Å². The molecule has 0 heterocycles. The molecule has 2 heteroatoms. The Morgan fingerprint density at radius 1 is 0.938 bits per heavy atom. The van der Waals surface area contributed by atoms with Gasteiger partial charge in [-0.2, -0.15) is 0 Å². The van der Waals surface area contributed by atoms with Crippen LogP contribution in [0.15, 0.2) is 0 Å². The topological polar surface area (TPSA) is 38.0 Å². The van der Waals surface area contributed by atoms with E-state index >= 15 is 0 Å². The van der Waals surface area contributed by atoms with Crippen LogP contribution in [0.5, 0.6) is 0 Å². The van der Waals surface area contributed by atoms with E-state index in [1.54, 1.807) is 0 Å². The molecule has 0 aromatic carbocycles. The van der Waals surface area contributed by atoms with Gasteiger partial charge >= 0.3 is 0 Å². The summed E-state index contributed by atoms with van der Waals surface area (Å²) in [5.41, 5.74) is 6.49. The lowest BCUT2D eigenvalue weighted by Crippen LogP contribution is -2.53. The van der Waals surface area contributed by atoms with Crippen LogP contribution in [-0.2, 0) is 0 Å². The number of hydrogen-bond acceptors (Lipinski definition) is 2. The van der Waals surface area contributed by atoms with Gasteiger partial charge in [-0.25, -0.2) is 0 Å². The van der Waals surface area contributed by atoms with Gasteiger partial charge in [-0.1, -0.05) is 41.5 Å². The van der Waals surface area contributed by atoms with Crippen LogP contribution in [0.4, 0.5) is 0 Å². The van der Waals surface area contributed by atoms with Crippen LogP contribution in [0.1, 0.15) is 55.4 Å². The monoisotopic (exact) mass is 228 g/mol. The Balaban J connectivity index is 4.19.